The highest BCUT2D eigenvalue weighted by molar-refractivity contribution is 5.73. The van der Waals surface area contributed by atoms with Crippen LogP contribution in [-0.4, -0.2) is 57.1 Å². The predicted octanol–water partition coefficient (Wildman–Crippen LogP) is 12.7. The van der Waals surface area contributed by atoms with Crippen LogP contribution in [0.3, 0.4) is 0 Å². The Morgan fingerprint density at radius 1 is 0.402 bits per heavy atom. The molecule has 426 valence electrons. The Hall–Kier alpha value is -8.26. The second-order valence-corrected chi connectivity index (χ2v) is 21.7. The lowest BCUT2D eigenvalue weighted by Crippen LogP contribution is -2.35. The largest absolute Gasteiger partial charge is 0.489 e. The van der Waals surface area contributed by atoms with Crippen molar-refractivity contribution in [2.45, 2.75) is 119 Å². The molecule has 2 atom stereocenters. The maximum absolute atomic E-state index is 11.9. The third-order valence-electron chi connectivity index (χ3n) is 14.6. The van der Waals surface area contributed by atoms with E-state index >= 15 is 0 Å². The molecule has 12 nitrogen and oxygen atoms in total. The van der Waals surface area contributed by atoms with Crippen molar-refractivity contribution in [3.05, 3.63) is 259 Å². The fourth-order valence-electron chi connectivity index (χ4n) is 10.2. The Morgan fingerprint density at radius 2 is 0.817 bits per heavy atom. The SMILES string of the molecule is Cc1cccc(COc2ccc(C)cc2CN(CC[C@H](N)C(=O)O)Cc2ccccc2OCc2cc(C)cc(Cc3cccc(COc4cccc(C)c4CN(CC[C@H](N)C(=O)O)Cc4ccccc4OCc4cccc(C)c4)c3)c2)c1. The van der Waals surface area contributed by atoms with Gasteiger partial charge in [0.1, 0.15) is 61.5 Å². The minimum atomic E-state index is -1.03. The van der Waals surface area contributed by atoms with E-state index in [1.54, 1.807) is 0 Å². The monoisotopic (exact) mass is 1100 g/mol. The van der Waals surface area contributed by atoms with Crippen molar-refractivity contribution in [3.63, 3.8) is 0 Å². The Balaban J connectivity index is 0.925. The number of carbonyl (C=O) groups is 2. The fourth-order valence-corrected chi connectivity index (χ4v) is 10.2. The zero-order chi connectivity index (χ0) is 58.0. The summed E-state index contributed by atoms with van der Waals surface area (Å²) < 4.78 is 26.1. The average Bonchev–Trinajstić information content (AvgIpc) is 3.60. The molecular weight excluding hydrogens is 1020 g/mol. The van der Waals surface area contributed by atoms with Crippen molar-refractivity contribution in [2.75, 3.05) is 13.1 Å². The number of ether oxygens (including phenoxy) is 4. The molecule has 0 aliphatic rings. The highest BCUT2D eigenvalue weighted by Crippen LogP contribution is 2.30. The van der Waals surface area contributed by atoms with E-state index in [4.69, 9.17) is 30.4 Å². The van der Waals surface area contributed by atoms with Crippen molar-refractivity contribution < 1.29 is 38.7 Å². The average molecular weight is 1100 g/mol. The smallest absolute Gasteiger partial charge is 0.320 e. The molecule has 8 aromatic carbocycles. The molecule has 0 unspecified atom stereocenters. The number of carboxylic acids is 2. The number of hydrogen-bond acceptors (Lipinski definition) is 10. The van der Waals surface area contributed by atoms with Crippen molar-refractivity contribution in [3.8, 4) is 23.0 Å². The molecular formula is C70H78N4O8. The van der Waals surface area contributed by atoms with Gasteiger partial charge in [-0.05, 0) is 117 Å². The van der Waals surface area contributed by atoms with E-state index in [-0.39, 0.29) is 12.8 Å². The Bertz CT molecular complexity index is 3420. The van der Waals surface area contributed by atoms with E-state index in [0.717, 1.165) is 95.3 Å². The van der Waals surface area contributed by atoms with Crippen molar-refractivity contribution in [2.24, 2.45) is 11.5 Å². The summed E-state index contributed by atoms with van der Waals surface area (Å²) in [4.78, 5) is 28.2. The van der Waals surface area contributed by atoms with Crippen molar-refractivity contribution >= 4 is 11.9 Å². The number of hydrogen-bond donors (Lipinski definition) is 4. The third-order valence-corrected chi connectivity index (χ3v) is 14.6. The first kappa shape index (κ1) is 59.9. The van der Waals surface area contributed by atoms with Gasteiger partial charge in [0.05, 0.1) is 0 Å². The Kier molecular flexibility index (Phi) is 21.5. The van der Waals surface area contributed by atoms with Gasteiger partial charge in [0.15, 0.2) is 0 Å². The highest BCUT2D eigenvalue weighted by atomic mass is 16.5. The second kappa shape index (κ2) is 29.5. The summed E-state index contributed by atoms with van der Waals surface area (Å²) in [6, 6.07) is 58.0. The molecule has 8 aromatic rings. The highest BCUT2D eigenvalue weighted by Gasteiger charge is 2.21. The van der Waals surface area contributed by atoms with Gasteiger partial charge >= 0.3 is 11.9 Å². The number of benzene rings is 8. The lowest BCUT2D eigenvalue weighted by molar-refractivity contribution is -0.139. The van der Waals surface area contributed by atoms with Crippen LogP contribution in [0.5, 0.6) is 23.0 Å². The summed E-state index contributed by atoms with van der Waals surface area (Å²) in [5, 5.41) is 19.4. The Morgan fingerprint density at radius 3 is 1.39 bits per heavy atom. The zero-order valence-corrected chi connectivity index (χ0v) is 48.0. The summed E-state index contributed by atoms with van der Waals surface area (Å²) in [5.41, 5.74) is 28.4. The van der Waals surface area contributed by atoms with Gasteiger partial charge in [-0.2, -0.15) is 0 Å². The summed E-state index contributed by atoms with van der Waals surface area (Å²) in [6.45, 7) is 14.9. The van der Waals surface area contributed by atoms with E-state index in [1.807, 2.05) is 72.8 Å². The van der Waals surface area contributed by atoms with Crippen LogP contribution < -0.4 is 30.4 Å². The van der Waals surface area contributed by atoms with E-state index in [9.17, 15) is 19.8 Å². The lowest BCUT2D eigenvalue weighted by atomic mass is 9.99. The van der Waals surface area contributed by atoms with Gasteiger partial charge in [0, 0.05) is 61.5 Å². The van der Waals surface area contributed by atoms with Gasteiger partial charge in [-0.1, -0.05) is 174 Å². The van der Waals surface area contributed by atoms with Crippen LogP contribution >= 0.6 is 0 Å². The van der Waals surface area contributed by atoms with Crippen molar-refractivity contribution in [1.29, 1.82) is 0 Å². The standard InChI is InChI=1S/C70H78N4O8/c1-48-14-10-18-54(32-48)44-79-65-23-8-7-22-60(65)41-74(31-29-64(72)70(77)78)43-62-52(5)16-12-25-68(62)82-46-56-20-13-17-53(37-56)38-57-34-51(4)35-58(39-57)47-81-66-24-9-6-21-59(66)40-73(30-28-63(71)69(75)76)42-61-36-50(3)26-27-67(61)80-45-55-19-11-15-49(2)33-55/h6-27,32-37,39,63-64H,28-31,38,40-47,71-72H2,1-5H3,(H,75,76)(H,77,78)/t63-,64-/m0/s1. The van der Waals surface area contributed by atoms with Crippen LogP contribution in [0.4, 0.5) is 0 Å². The van der Waals surface area contributed by atoms with Gasteiger partial charge in [-0.3, -0.25) is 19.4 Å². The molecule has 0 spiro atoms. The summed E-state index contributed by atoms with van der Waals surface area (Å²) in [5.74, 6) is 1.02. The van der Waals surface area contributed by atoms with Gasteiger partial charge in [-0.25, -0.2) is 0 Å². The zero-order valence-electron chi connectivity index (χ0n) is 48.0. The number of para-hydroxylation sites is 2. The number of aliphatic carboxylic acids is 2. The molecule has 6 N–H and O–H groups in total. The molecule has 8 rings (SSSR count). The topological polar surface area (TPSA) is 170 Å². The summed E-state index contributed by atoms with van der Waals surface area (Å²) >= 11 is 0. The molecule has 0 aliphatic carbocycles. The minimum Gasteiger partial charge on any atom is -0.489 e. The van der Waals surface area contributed by atoms with E-state index < -0.39 is 24.0 Å². The van der Waals surface area contributed by atoms with Gasteiger partial charge in [-0.15, -0.1) is 0 Å². The van der Waals surface area contributed by atoms with E-state index in [2.05, 4.69) is 148 Å². The molecule has 12 heteroatoms. The maximum Gasteiger partial charge on any atom is 0.320 e. The molecule has 0 saturated heterocycles. The molecule has 0 saturated carbocycles. The molecule has 0 amide bonds. The number of nitrogens with two attached hydrogens (primary N) is 2. The molecule has 0 aromatic heterocycles. The molecule has 0 aliphatic heterocycles. The van der Waals surface area contributed by atoms with Gasteiger partial charge in [0.2, 0.25) is 0 Å². The number of carboxylic acid groups (broad SMARTS) is 2. The van der Waals surface area contributed by atoms with Crippen molar-refractivity contribution in [1.82, 2.24) is 9.80 Å². The third kappa shape index (κ3) is 18.1. The molecule has 0 bridgehead atoms. The number of aryl methyl sites for hydroxylation is 5. The molecule has 0 heterocycles. The van der Waals surface area contributed by atoms with Gasteiger partial charge in [0.25, 0.3) is 0 Å². The van der Waals surface area contributed by atoms with Crippen LogP contribution in [0.15, 0.2) is 176 Å². The van der Waals surface area contributed by atoms with Crippen LogP contribution in [-0.2, 0) is 68.6 Å². The van der Waals surface area contributed by atoms with Gasteiger partial charge < -0.3 is 40.6 Å². The summed E-state index contributed by atoms with van der Waals surface area (Å²) in [7, 11) is 0. The molecule has 82 heavy (non-hydrogen) atoms. The first-order chi connectivity index (χ1) is 39.6. The number of rotatable bonds is 30. The first-order valence-corrected chi connectivity index (χ1v) is 28.2. The minimum absolute atomic E-state index is 0.275. The summed E-state index contributed by atoms with van der Waals surface area (Å²) in [6.07, 6.45) is 1.26. The van der Waals surface area contributed by atoms with E-state index in [1.165, 1.54) is 11.1 Å². The van der Waals surface area contributed by atoms with Crippen LogP contribution in [0.2, 0.25) is 0 Å². The predicted molar refractivity (Wildman–Crippen MR) is 324 cm³/mol. The van der Waals surface area contributed by atoms with Crippen LogP contribution in [0, 0.1) is 34.6 Å². The molecule has 0 radical (unpaired) electrons. The van der Waals surface area contributed by atoms with Crippen LogP contribution in [0.25, 0.3) is 0 Å². The second-order valence-electron chi connectivity index (χ2n) is 21.7. The number of nitrogens with zero attached hydrogens (tertiary/aromatic N) is 2. The Labute approximate surface area is 483 Å². The maximum atomic E-state index is 11.9. The fraction of sp³-hybridized carbons (Fsp3) is 0.286. The lowest BCUT2D eigenvalue weighted by Gasteiger charge is -2.26. The normalized spacial score (nSPS) is 12.1. The van der Waals surface area contributed by atoms with Crippen LogP contribution in [0.1, 0.15) is 96.3 Å². The molecule has 0 fully saturated rings. The van der Waals surface area contributed by atoms with E-state index in [0.29, 0.717) is 72.1 Å². The first-order valence-electron chi connectivity index (χ1n) is 28.2. The quantitative estimate of drug-likeness (QED) is 0.0337.